The summed E-state index contributed by atoms with van der Waals surface area (Å²) in [7, 11) is 0. The molecule has 0 saturated heterocycles. The highest BCUT2D eigenvalue weighted by atomic mass is 19.1. The first-order valence-electron chi connectivity index (χ1n) is 4.58. The van der Waals surface area contributed by atoms with Gasteiger partial charge in [0, 0.05) is 12.6 Å². The zero-order valence-corrected chi connectivity index (χ0v) is 8.39. The molecule has 0 spiro atoms. The fraction of sp³-hybridized carbons (Fsp3) is 0.455. The van der Waals surface area contributed by atoms with Crippen molar-refractivity contribution >= 4 is 0 Å². The Balaban J connectivity index is 2.67. The molecule has 72 valence electrons. The third-order valence-corrected chi connectivity index (χ3v) is 2.01. The van der Waals surface area contributed by atoms with Crippen molar-refractivity contribution in [3.05, 3.63) is 35.1 Å². The lowest BCUT2D eigenvalue weighted by Crippen LogP contribution is -2.22. The van der Waals surface area contributed by atoms with Gasteiger partial charge < -0.3 is 5.32 Å². The molecule has 0 atom stereocenters. The largest absolute Gasteiger partial charge is 0.310 e. The van der Waals surface area contributed by atoms with Crippen LogP contribution in [0.2, 0.25) is 0 Å². The first kappa shape index (κ1) is 10.2. The van der Waals surface area contributed by atoms with Crippen molar-refractivity contribution < 1.29 is 4.39 Å². The highest BCUT2D eigenvalue weighted by Crippen LogP contribution is 2.09. The molecule has 0 heterocycles. The summed E-state index contributed by atoms with van der Waals surface area (Å²) < 4.78 is 12.7. The van der Waals surface area contributed by atoms with Gasteiger partial charge in [0.05, 0.1) is 0 Å². The molecular formula is C11H16FN. The first-order valence-corrected chi connectivity index (χ1v) is 4.58. The van der Waals surface area contributed by atoms with Gasteiger partial charge in [-0.15, -0.1) is 0 Å². The second-order valence-corrected chi connectivity index (χ2v) is 3.61. The zero-order chi connectivity index (χ0) is 9.84. The molecule has 0 aliphatic carbocycles. The summed E-state index contributed by atoms with van der Waals surface area (Å²) in [4.78, 5) is 0. The Morgan fingerprint density at radius 3 is 2.62 bits per heavy atom. The summed E-state index contributed by atoms with van der Waals surface area (Å²) >= 11 is 0. The standard InChI is InChI=1S/C11H16FN/c1-8(2)13-7-10-4-5-11(12)6-9(10)3/h4-6,8,13H,7H2,1-3H3. The minimum atomic E-state index is -0.161. The van der Waals surface area contributed by atoms with Gasteiger partial charge in [-0.2, -0.15) is 0 Å². The van der Waals surface area contributed by atoms with Gasteiger partial charge in [0.1, 0.15) is 5.82 Å². The number of aryl methyl sites for hydroxylation is 1. The molecule has 0 unspecified atom stereocenters. The van der Waals surface area contributed by atoms with Gasteiger partial charge in [0.2, 0.25) is 0 Å². The summed E-state index contributed by atoms with van der Waals surface area (Å²) in [5.41, 5.74) is 2.17. The molecule has 0 aromatic heterocycles. The van der Waals surface area contributed by atoms with E-state index in [4.69, 9.17) is 0 Å². The SMILES string of the molecule is Cc1cc(F)ccc1CNC(C)C. The Morgan fingerprint density at radius 2 is 2.08 bits per heavy atom. The molecule has 2 heteroatoms. The molecule has 1 rings (SSSR count). The van der Waals surface area contributed by atoms with Crippen LogP contribution in [-0.4, -0.2) is 6.04 Å². The minimum absolute atomic E-state index is 0.161. The maximum atomic E-state index is 12.7. The summed E-state index contributed by atoms with van der Waals surface area (Å²) in [6.45, 7) is 6.93. The molecule has 0 fully saturated rings. The average molecular weight is 181 g/mol. The second kappa shape index (κ2) is 4.38. The lowest BCUT2D eigenvalue weighted by molar-refractivity contribution is 0.584. The fourth-order valence-electron chi connectivity index (χ4n) is 1.17. The Morgan fingerprint density at radius 1 is 1.38 bits per heavy atom. The van der Waals surface area contributed by atoms with Crippen LogP contribution in [0.3, 0.4) is 0 Å². The van der Waals surface area contributed by atoms with Crippen molar-refractivity contribution in [1.29, 1.82) is 0 Å². The van der Waals surface area contributed by atoms with Gasteiger partial charge in [-0.1, -0.05) is 19.9 Å². The number of halogens is 1. The van der Waals surface area contributed by atoms with Gasteiger partial charge in [-0.3, -0.25) is 0 Å². The van der Waals surface area contributed by atoms with Gasteiger partial charge >= 0.3 is 0 Å². The maximum absolute atomic E-state index is 12.7. The van der Waals surface area contributed by atoms with E-state index in [0.717, 1.165) is 17.7 Å². The third-order valence-electron chi connectivity index (χ3n) is 2.01. The van der Waals surface area contributed by atoms with Crippen LogP contribution in [0, 0.1) is 12.7 Å². The highest BCUT2D eigenvalue weighted by molar-refractivity contribution is 5.26. The number of hydrogen-bond donors (Lipinski definition) is 1. The normalized spacial score (nSPS) is 10.8. The Labute approximate surface area is 79.0 Å². The molecule has 1 aromatic carbocycles. The van der Waals surface area contributed by atoms with E-state index < -0.39 is 0 Å². The van der Waals surface area contributed by atoms with Crippen LogP contribution in [0.15, 0.2) is 18.2 Å². The monoisotopic (exact) mass is 181 g/mol. The topological polar surface area (TPSA) is 12.0 Å². The summed E-state index contributed by atoms with van der Waals surface area (Å²) in [6, 6.07) is 5.37. The molecule has 0 radical (unpaired) electrons. The molecule has 1 aromatic rings. The van der Waals surface area contributed by atoms with E-state index in [-0.39, 0.29) is 5.82 Å². The van der Waals surface area contributed by atoms with E-state index in [0.29, 0.717) is 6.04 Å². The van der Waals surface area contributed by atoms with Crippen LogP contribution >= 0.6 is 0 Å². The average Bonchev–Trinajstić information content (AvgIpc) is 2.02. The van der Waals surface area contributed by atoms with Gasteiger partial charge in [0.25, 0.3) is 0 Å². The summed E-state index contributed by atoms with van der Waals surface area (Å²) in [6.07, 6.45) is 0. The first-order chi connectivity index (χ1) is 6.09. The van der Waals surface area contributed by atoms with Crippen molar-refractivity contribution in [3.8, 4) is 0 Å². The molecule has 1 nitrogen and oxygen atoms in total. The lowest BCUT2D eigenvalue weighted by Gasteiger charge is -2.10. The van der Waals surface area contributed by atoms with Crippen molar-refractivity contribution in [2.45, 2.75) is 33.4 Å². The van der Waals surface area contributed by atoms with E-state index in [1.807, 2.05) is 13.0 Å². The third kappa shape index (κ3) is 3.15. The molecule has 1 N–H and O–H groups in total. The molecule has 0 aliphatic rings. The summed E-state index contributed by atoms with van der Waals surface area (Å²) in [5, 5.41) is 3.30. The van der Waals surface area contributed by atoms with Gasteiger partial charge in [-0.25, -0.2) is 4.39 Å². The van der Waals surface area contributed by atoms with Crippen molar-refractivity contribution in [3.63, 3.8) is 0 Å². The van der Waals surface area contributed by atoms with E-state index in [1.165, 1.54) is 6.07 Å². The maximum Gasteiger partial charge on any atom is 0.123 e. The second-order valence-electron chi connectivity index (χ2n) is 3.61. The van der Waals surface area contributed by atoms with Gasteiger partial charge in [0.15, 0.2) is 0 Å². The van der Waals surface area contributed by atoms with Crippen LogP contribution in [0.4, 0.5) is 4.39 Å². The van der Waals surface area contributed by atoms with Crippen LogP contribution in [-0.2, 0) is 6.54 Å². The van der Waals surface area contributed by atoms with Crippen LogP contribution in [0.1, 0.15) is 25.0 Å². The summed E-state index contributed by atoms with van der Waals surface area (Å²) in [5.74, 6) is -0.161. The van der Waals surface area contributed by atoms with Crippen LogP contribution < -0.4 is 5.32 Å². The predicted octanol–water partition coefficient (Wildman–Crippen LogP) is 2.63. The van der Waals surface area contributed by atoms with E-state index in [1.54, 1.807) is 6.07 Å². The molecular weight excluding hydrogens is 165 g/mol. The molecule has 13 heavy (non-hydrogen) atoms. The van der Waals surface area contributed by atoms with Crippen molar-refractivity contribution in [1.82, 2.24) is 5.32 Å². The van der Waals surface area contributed by atoms with Gasteiger partial charge in [-0.05, 0) is 30.2 Å². The zero-order valence-electron chi connectivity index (χ0n) is 8.39. The molecule has 0 bridgehead atoms. The minimum Gasteiger partial charge on any atom is -0.310 e. The number of benzene rings is 1. The van der Waals surface area contributed by atoms with Crippen molar-refractivity contribution in [2.75, 3.05) is 0 Å². The molecule has 0 saturated carbocycles. The van der Waals surface area contributed by atoms with E-state index >= 15 is 0 Å². The van der Waals surface area contributed by atoms with Crippen LogP contribution in [0.25, 0.3) is 0 Å². The Kier molecular flexibility index (Phi) is 3.43. The number of hydrogen-bond acceptors (Lipinski definition) is 1. The lowest BCUT2D eigenvalue weighted by atomic mass is 10.1. The van der Waals surface area contributed by atoms with E-state index in [9.17, 15) is 4.39 Å². The Bertz CT molecular complexity index is 281. The quantitative estimate of drug-likeness (QED) is 0.755. The molecule has 0 amide bonds. The highest BCUT2D eigenvalue weighted by Gasteiger charge is 2.00. The smallest absolute Gasteiger partial charge is 0.123 e. The van der Waals surface area contributed by atoms with E-state index in [2.05, 4.69) is 19.2 Å². The van der Waals surface area contributed by atoms with Crippen LogP contribution in [0.5, 0.6) is 0 Å². The predicted molar refractivity (Wildman–Crippen MR) is 53.1 cm³/mol. The molecule has 0 aliphatic heterocycles. The fourth-order valence-corrected chi connectivity index (χ4v) is 1.17. The number of nitrogens with one attached hydrogen (secondary N) is 1. The number of rotatable bonds is 3. The Hall–Kier alpha value is -0.890. The van der Waals surface area contributed by atoms with Crippen molar-refractivity contribution in [2.24, 2.45) is 0 Å².